The van der Waals surface area contributed by atoms with E-state index in [0.717, 1.165) is 19.3 Å². The van der Waals surface area contributed by atoms with Crippen molar-refractivity contribution in [3.63, 3.8) is 0 Å². The van der Waals surface area contributed by atoms with Crippen molar-refractivity contribution in [3.05, 3.63) is 12.7 Å². The van der Waals surface area contributed by atoms with Gasteiger partial charge < -0.3 is 10.2 Å². The average molecular weight is 227 g/mol. The fourth-order valence-electron chi connectivity index (χ4n) is 2.51. The third-order valence-corrected chi connectivity index (χ3v) is 3.53. The highest BCUT2D eigenvalue weighted by Gasteiger charge is 2.28. The van der Waals surface area contributed by atoms with E-state index in [1.54, 1.807) is 0 Å². The van der Waals surface area contributed by atoms with E-state index in [1.165, 1.54) is 12.8 Å². The monoisotopic (exact) mass is 227 g/mol. The van der Waals surface area contributed by atoms with Crippen LogP contribution in [0.15, 0.2) is 12.7 Å². The Balaban J connectivity index is 2.43. The van der Waals surface area contributed by atoms with Crippen LogP contribution in [0.25, 0.3) is 0 Å². The number of hydrogen-bond donors (Lipinski definition) is 2. The van der Waals surface area contributed by atoms with Crippen LogP contribution in [0.4, 0.5) is 0 Å². The molecule has 0 saturated carbocycles. The van der Waals surface area contributed by atoms with E-state index in [4.69, 9.17) is 0 Å². The van der Waals surface area contributed by atoms with Crippen molar-refractivity contribution in [1.82, 2.24) is 4.90 Å². The van der Waals surface area contributed by atoms with Crippen LogP contribution in [-0.4, -0.2) is 46.5 Å². The maximum Gasteiger partial charge on any atom is 0.0670 e. The molecule has 1 aliphatic rings. The van der Waals surface area contributed by atoms with Gasteiger partial charge in [0.1, 0.15) is 0 Å². The molecule has 0 bridgehead atoms. The Labute approximate surface area is 98.8 Å². The summed E-state index contributed by atoms with van der Waals surface area (Å²) in [6, 6.07) is 0.714. The van der Waals surface area contributed by atoms with Gasteiger partial charge >= 0.3 is 0 Å². The lowest BCUT2D eigenvalue weighted by molar-refractivity contribution is 0.0105. The van der Waals surface area contributed by atoms with Crippen LogP contribution in [0.5, 0.6) is 0 Å². The molecule has 0 aliphatic carbocycles. The first kappa shape index (κ1) is 13.7. The number of rotatable bonds is 6. The van der Waals surface area contributed by atoms with Gasteiger partial charge in [0.2, 0.25) is 0 Å². The molecule has 0 radical (unpaired) electrons. The second-order valence-electron chi connectivity index (χ2n) is 4.83. The Kier molecular flexibility index (Phi) is 6.03. The van der Waals surface area contributed by atoms with Crippen molar-refractivity contribution in [1.29, 1.82) is 0 Å². The van der Waals surface area contributed by atoms with Crippen LogP contribution < -0.4 is 0 Å². The van der Waals surface area contributed by atoms with Gasteiger partial charge in [-0.25, -0.2) is 0 Å². The molecule has 1 fully saturated rings. The van der Waals surface area contributed by atoms with Gasteiger partial charge in [0.15, 0.2) is 0 Å². The van der Waals surface area contributed by atoms with E-state index >= 15 is 0 Å². The minimum Gasteiger partial charge on any atom is -0.395 e. The SMILES string of the molecule is C=CCCC(O)CN1C(C)CCCC1CO. The maximum absolute atomic E-state index is 9.89. The number of likely N-dealkylation sites (tertiary alicyclic amines) is 1. The summed E-state index contributed by atoms with van der Waals surface area (Å²) in [5, 5.41) is 19.2. The normalized spacial score (nSPS) is 28.9. The van der Waals surface area contributed by atoms with E-state index in [9.17, 15) is 10.2 Å². The summed E-state index contributed by atoms with van der Waals surface area (Å²) < 4.78 is 0. The average Bonchev–Trinajstić information content (AvgIpc) is 2.29. The van der Waals surface area contributed by atoms with Crippen molar-refractivity contribution in [3.8, 4) is 0 Å². The van der Waals surface area contributed by atoms with Crippen LogP contribution in [0.3, 0.4) is 0 Å². The molecule has 94 valence electrons. The Morgan fingerprint density at radius 2 is 2.25 bits per heavy atom. The van der Waals surface area contributed by atoms with E-state index < -0.39 is 0 Å². The molecular weight excluding hydrogens is 202 g/mol. The lowest BCUT2D eigenvalue weighted by Crippen LogP contribution is -2.50. The smallest absolute Gasteiger partial charge is 0.0670 e. The van der Waals surface area contributed by atoms with Crippen molar-refractivity contribution >= 4 is 0 Å². The van der Waals surface area contributed by atoms with Gasteiger partial charge in [-0.3, -0.25) is 4.90 Å². The third kappa shape index (κ3) is 3.89. The second-order valence-corrected chi connectivity index (χ2v) is 4.83. The molecule has 1 saturated heterocycles. The Bertz CT molecular complexity index is 208. The van der Waals surface area contributed by atoms with Crippen LogP contribution in [0.2, 0.25) is 0 Å². The predicted octanol–water partition coefficient (Wildman–Crippen LogP) is 1.55. The second kappa shape index (κ2) is 7.05. The predicted molar refractivity (Wildman–Crippen MR) is 66.3 cm³/mol. The summed E-state index contributed by atoms with van der Waals surface area (Å²) in [5.74, 6) is 0. The number of aliphatic hydroxyl groups is 2. The first-order valence-electron chi connectivity index (χ1n) is 6.34. The number of allylic oxidation sites excluding steroid dienone is 1. The van der Waals surface area contributed by atoms with E-state index in [2.05, 4.69) is 18.4 Å². The van der Waals surface area contributed by atoms with Gasteiger partial charge in [0.05, 0.1) is 12.7 Å². The van der Waals surface area contributed by atoms with Gasteiger partial charge in [0.25, 0.3) is 0 Å². The van der Waals surface area contributed by atoms with Crippen LogP contribution in [-0.2, 0) is 0 Å². The van der Waals surface area contributed by atoms with Crippen molar-refractivity contribution in [2.75, 3.05) is 13.2 Å². The number of β-amino-alcohol motifs (C(OH)–C–C–N with tert-alkyl or cyclic N) is 1. The third-order valence-electron chi connectivity index (χ3n) is 3.53. The minimum absolute atomic E-state index is 0.207. The lowest BCUT2D eigenvalue weighted by Gasteiger charge is -2.40. The number of hydrogen-bond acceptors (Lipinski definition) is 3. The van der Waals surface area contributed by atoms with E-state index in [-0.39, 0.29) is 18.8 Å². The molecule has 16 heavy (non-hydrogen) atoms. The van der Waals surface area contributed by atoms with Crippen molar-refractivity contribution in [2.45, 2.75) is 57.2 Å². The minimum atomic E-state index is -0.299. The Hall–Kier alpha value is -0.380. The molecule has 2 N–H and O–H groups in total. The molecule has 1 heterocycles. The summed E-state index contributed by atoms with van der Waals surface area (Å²) in [6.45, 7) is 6.73. The highest BCUT2D eigenvalue weighted by Crippen LogP contribution is 2.23. The van der Waals surface area contributed by atoms with Crippen LogP contribution in [0, 0.1) is 0 Å². The van der Waals surface area contributed by atoms with Gasteiger partial charge in [-0.2, -0.15) is 0 Å². The molecule has 3 unspecified atom stereocenters. The summed E-state index contributed by atoms with van der Waals surface area (Å²) in [5.41, 5.74) is 0. The molecule has 3 atom stereocenters. The largest absolute Gasteiger partial charge is 0.395 e. The molecule has 0 aromatic carbocycles. The summed E-state index contributed by atoms with van der Waals surface area (Å²) >= 11 is 0. The first-order chi connectivity index (χ1) is 7.69. The zero-order chi connectivity index (χ0) is 12.0. The molecule has 0 aromatic rings. The first-order valence-corrected chi connectivity index (χ1v) is 6.34. The van der Waals surface area contributed by atoms with Gasteiger partial charge in [-0.1, -0.05) is 12.5 Å². The number of piperidine rings is 1. The molecule has 0 aromatic heterocycles. The van der Waals surface area contributed by atoms with Crippen LogP contribution >= 0.6 is 0 Å². The summed E-state index contributed by atoms with van der Waals surface area (Å²) in [4.78, 5) is 2.26. The van der Waals surface area contributed by atoms with Gasteiger partial charge in [0, 0.05) is 18.6 Å². The number of nitrogens with zero attached hydrogens (tertiary/aromatic N) is 1. The summed E-state index contributed by atoms with van der Waals surface area (Å²) in [6.07, 6.45) is 6.57. The zero-order valence-corrected chi connectivity index (χ0v) is 10.3. The molecular formula is C13H25NO2. The maximum atomic E-state index is 9.89. The molecule has 0 spiro atoms. The van der Waals surface area contributed by atoms with Crippen LogP contribution in [0.1, 0.15) is 39.0 Å². The van der Waals surface area contributed by atoms with Crippen molar-refractivity contribution < 1.29 is 10.2 Å². The molecule has 3 heteroatoms. The standard InChI is InChI=1S/C13H25NO2/c1-3-4-8-13(16)9-14-11(2)6-5-7-12(14)10-15/h3,11-13,15-16H,1,4-10H2,2H3. The Morgan fingerprint density at radius 3 is 2.88 bits per heavy atom. The van der Waals surface area contributed by atoms with E-state index in [0.29, 0.717) is 12.6 Å². The number of aliphatic hydroxyl groups excluding tert-OH is 2. The highest BCUT2D eigenvalue weighted by molar-refractivity contribution is 4.84. The fraction of sp³-hybridized carbons (Fsp3) is 0.846. The van der Waals surface area contributed by atoms with Gasteiger partial charge in [-0.05, 0) is 32.6 Å². The molecule has 1 aliphatic heterocycles. The van der Waals surface area contributed by atoms with E-state index in [1.807, 2.05) is 6.08 Å². The molecule has 3 nitrogen and oxygen atoms in total. The summed E-state index contributed by atoms with van der Waals surface area (Å²) in [7, 11) is 0. The molecule has 1 rings (SSSR count). The molecule has 0 amide bonds. The quantitative estimate of drug-likeness (QED) is 0.677. The topological polar surface area (TPSA) is 43.7 Å². The van der Waals surface area contributed by atoms with Gasteiger partial charge in [-0.15, -0.1) is 6.58 Å². The Morgan fingerprint density at radius 1 is 1.50 bits per heavy atom. The zero-order valence-electron chi connectivity index (χ0n) is 10.3. The highest BCUT2D eigenvalue weighted by atomic mass is 16.3. The van der Waals surface area contributed by atoms with Crippen molar-refractivity contribution in [2.24, 2.45) is 0 Å². The lowest BCUT2D eigenvalue weighted by atomic mass is 9.96. The fourth-order valence-corrected chi connectivity index (χ4v) is 2.51.